The second-order valence-corrected chi connectivity index (χ2v) is 5.65. The molecule has 0 heterocycles. The van der Waals surface area contributed by atoms with Crippen LogP contribution in [0.4, 0.5) is 5.69 Å². The van der Waals surface area contributed by atoms with Crippen LogP contribution in [-0.2, 0) is 16.1 Å². The van der Waals surface area contributed by atoms with Crippen LogP contribution in [0.1, 0.15) is 10.4 Å². The number of benzene rings is 2. The van der Waals surface area contributed by atoms with Crippen molar-refractivity contribution in [2.24, 2.45) is 0 Å². The molecule has 2 aromatic rings. The van der Waals surface area contributed by atoms with Gasteiger partial charge in [-0.15, -0.1) is 0 Å². The maximum atomic E-state index is 11.9. The summed E-state index contributed by atoms with van der Waals surface area (Å²) in [6.45, 7) is 0. The number of halogens is 1. The number of rotatable bonds is 6. The molecule has 1 unspecified atom stereocenters. The zero-order valence-corrected chi connectivity index (χ0v) is 14.2. The van der Waals surface area contributed by atoms with Crippen molar-refractivity contribution in [3.63, 3.8) is 0 Å². The van der Waals surface area contributed by atoms with Crippen molar-refractivity contribution in [2.75, 3.05) is 4.72 Å². The fraction of sp³-hybridized carbons (Fsp3) is 0. The Hall–Kier alpha value is -2.68. The molecule has 0 spiro atoms. The molecule has 0 aromatic heterocycles. The molecule has 0 saturated heterocycles. The lowest BCUT2D eigenvalue weighted by molar-refractivity contribution is -0.129. The van der Waals surface area contributed by atoms with Crippen LogP contribution in [0.2, 0.25) is 5.02 Å². The third-order valence-electron chi connectivity index (χ3n) is 2.83. The number of hydrogen-bond donors (Lipinski definition) is 2. The molecule has 0 aliphatic rings. The lowest BCUT2D eigenvalue weighted by Crippen LogP contribution is -2.18. The average molecular weight is 380 g/mol. The number of hydrogen-bond acceptors (Lipinski definition) is 5. The maximum Gasteiger partial charge on any atom is 0.337 e. The number of amides is 1. The molecule has 2 N–H and O–H groups in total. The molecule has 2 rings (SSSR count). The van der Waals surface area contributed by atoms with Crippen molar-refractivity contribution >= 4 is 40.4 Å². The first-order valence-corrected chi connectivity index (χ1v) is 8.31. The quantitative estimate of drug-likeness (QED) is 0.347. The summed E-state index contributed by atoms with van der Waals surface area (Å²) in [6.07, 6.45) is 2.18. The van der Waals surface area contributed by atoms with Crippen LogP contribution in [0.5, 0.6) is 5.75 Å². The largest absolute Gasteiger partial charge is 0.755 e. The van der Waals surface area contributed by atoms with E-state index >= 15 is 0 Å². The number of para-hydroxylation sites is 1. The normalized spacial score (nSPS) is 11.8. The van der Waals surface area contributed by atoms with Crippen LogP contribution in [0.25, 0.3) is 0 Å². The SMILES string of the molecule is O=C(/C=C\NC(=O)c1ccc(NS(=O)[O-])cc1)Oc1ccccc1Cl. The number of ether oxygens (including phenoxy) is 1. The predicted molar refractivity (Wildman–Crippen MR) is 92.7 cm³/mol. The Balaban J connectivity index is 1.88. The van der Waals surface area contributed by atoms with Crippen LogP contribution in [0, 0.1) is 0 Å². The highest BCUT2D eigenvalue weighted by atomic mass is 35.5. The lowest BCUT2D eigenvalue weighted by atomic mass is 10.2. The third kappa shape index (κ3) is 6.03. The monoisotopic (exact) mass is 379 g/mol. The maximum absolute atomic E-state index is 11.9. The number of anilines is 1. The Labute approximate surface area is 151 Å². The molecule has 0 aliphatic heterocycles. The summed E-state index contributed by atoms with van der Waals surface area (Å²) >= 11 is 3.43. The highest BCUT2D eigenvalue weighted by Gasteiger charge is 2.06. The summed E-state index contributed by atoms with van der Waals surface area (Å²) in [6, 6.07) is 12.2. The van der Waals surface area contributed by atoms with E-state index in [9.17, 15) is 18.4 Å². The smallest absolute Gasteiger partial charge is 0.337 e. The molecule has 25 heavy (non-hydrogen) atoms. The van der Waals surface area contributed by atoms with Gasteiger partial charge < -0.3 is 19.3 Å². The zero-order chi connectivity index (χ0) is 18.2. The van der Waals surface area contributed by atoms with Crippen LogP contribution in [0.3, 0.4) is 0 Å². The summed E-state index contributed by atoms with van der Waals surface area (Å²) < 4.78 is 28.2. The molecular formula is C16H12ClN2O5S-. The number of carbonyl (C=O) groups is 2. The van der Waals surface area contributed by atoms with Gasteiger partial charge in [-0.25, -0.2) is 4.79 Å². The molecule has 0 fully saturated rings. The second kappa shape index (κ2) is 8.97. The first-order chi connectivity index (χ1) is 12.0. The lowest BCUT2D eigenvalue weighted by Gasteiger charge is -2.08. The molecule has 0 radical (unpaired) electrons. The van der Waals surface area contributed by atoms with Gasteiger partial charge in [0.25, 0.3) is 5.91 Å². The van der Waals surface area contributed by atoms with Crippen molar-refractivity contribution in [3.8, 4) is 5.75 Å². The van der Waals surface area contributed by atoms with E-state index in [1.807, 2.05) is 0 Å². The Morgan fingerprint density at radius 3 is 2.44 bits per heavy atom. The second-order valence-electron chi connectivity index (χ2n) is 4.57. The summed E-state index contributed by atoms with van der Waals surface area (Å²) in [5.41, 5.74) is 0.607. The Bertz CT molecular complexity index is 824. The van der Waals surface area contributed by atoms with Gasteiger partial charge in [0, 0.05) is 34.8 Å². The van der Waals surface area contributed by atoms with Crippen molar-refractivity contribution in [3.05, 3.63) is 71.4 Å². The summed E-state index contributed by atoms with van der Waals surface area (Å²) in [7, 11) is 0. The first-order valence-electron chi connectivity index (χ1n) is 6.85. The van der Waals surface area contributed by atoms with Crippen molar-refractivity contribution < 1.29 is 23.1 Å². The van der Waals surface area contributed by atoms with Gasteiger partial charge in [-0.3, -0.25) is 9.00 Å². The van der Waals surface area contributed by atoms with Gasteiger partial charge in [0.15, 0.2) is 0 Å². The molecule has 0 aliphatic carbocycles. The van der Waals surface area contributed by atoms with Crippen LogP contribution < -0.4 is 14.8 Å². The predicted octanol–water partition coefficient (Wildman–Crippen LogP) is 2.40. The molecule has 0 saturated carbocycles. The van der Waals surface area contributed by atoms with E-state index in [0.717, 1.165) is 12.3 Å². The fourth-order valence-corrected chi connectivity index (χ4v) is 2.23. The topological polar surface area (TPSA) is 108 Å². The minimum atomic E-state index is -2.44. The Morgan fingerprint density at radius 1 is 1.12 bits per heavy atom. The standard InChI is InChI=1S/C16H13ClN2O5S/c17-13-3-1-2-4-14(13)24-15(20)9-10-18-16(21)11-5-7-12(8-6-11)19-25(22)23/h1-10,19H,(H,18,21)(H,22,23)/p-1/b10-9-. The summed E-state index contributed by atoms with van der Waals surface area (Å²) in [4.78, 5) is 23.5. The number of carbonyl (C=O) groups excluding carboxylic acids is 2. The van der Waals surface area contributed by atoms with E-state index < -0.39 is 23.1 Å². The molecular weight excluding hydrogens is 368 g/mol. The third-order valence-corrected chi connectivity index (χ3v) is 3.54. The van der Waals surface area contributed by atoms with E-state index in [0.29, 0.717) is 10.7 Å². The van der Waals surface area contributed by atoms with Gasteiger partial charge in [-0.05, 0) is 36.4 Å². The molecule has 9 heteroatoms. The van der Waals surface area contributed by atoms with E-state index in [1.165, 1.54) is 30.3 Å². The van der Waals surface area contributed by atoms with Crippen LogP contribution in [0.15, 0.2) is 60.8 Å². The van der Waals surface area contributed by atoms with Gasteiger partial charge in [-0.2, -0.15) is 0 Å². The van der Waals surface area contributed by atoms with E-state index in [4.69, 9.17) is 16.3 Å². The van der Waals surface area contributed by atoms with E-state index in [-0.39, 0.29) is 11.3 Å². The van der Waals surface area contributed by atoms with Gasteiger partial charge >= 0.3 is 5.97 Å². The highest BCUT2D eigenvalue weighted by molar-refractivity contribution is 7.80. The Kier molecular flexibility index (Phi) is 6.70. The molecule has 2 aromatic carbocycles. The molecule has 7 nitrogen and oxygen atoms in total. The molecule has 0 bridgehead atoms. The molecule has 130 valence electrons. The number of esters is 1. The van der Waals surface area contributed by atoms with Gasteiger partial charge in [0.2, 0.25) is 0 Å². The van der Waals surface area contributed by atoms with E-state index in [2.05, 4.69) is 10.0 Å². The van der Waals surface area contributed by atoms with Gasteiger partial charge in [0.05, 0.1) is 5.02 Å². The van der Waals surface area contributed by atoms with Crippen molar-refractivity contribution in [1.29, 1.82) is 0 Å². The minimum Gasteiger partial charge on any atom is -0.755 e. The minimum absolute atomic E-state index is 0.212. The fourth-order valence-electron chi connectivity index (χ4n) is 1.72. The van der Waals surface area contributed by atoms with Crippen molar-refractivity contribution in [1.82, 2.24) is 5.32 Å². The van der Waals surface area contributed by atoms with E-state index in [1.54, 1.807) is 18.2 Å². The summed E-state index contributed by atoms with van der Waals surface area (Å²) in [5, 5.41) is 2.69. The van der Waals surface area contributed by atoms with Gasteiger partial charge in [-0.1, -0.05) is 23.7 Å². The molecule has 1 amide bonds. The average Bonchev–Trinajstić information content (AvgIpc) is 2.57. The van der Waals surface area contributed by atoms with Gasteiger partial charge in [0.1, 0.15) is 5.75 Å². The highest BCUT2D eigenvalue weighted by Crippen LogP contribution is 2.23. The zero-order valence-electron chi connectivity index (χ0n) is 12.6. The van der Waals surface area contributed by atoms with Crippen molar-refractivity contribution in [2.45, 2.75) is 0 Å². The Morgan fingerprint density at radius 2 is 1.80 bits per heavy atom. The first kappa shape index (κ1) is 18.7. The number of nitrogens with one attached hydrogen (secondary N) is 2. The molecule has 1 atom stereocenters. The summed E-state index contributed by atoms with van der Waals surface area (Å²) in [5.74, 6) is -0.966. The van der Waals surface area contributed by atoms with Crippen LogP contribution >= 0.6 is 11.6 Å². The van der Waals surface area contributed by atoms with Crippen LogP contribution in [-0.4, -0.2) is 20.6 Å².